The highest BCUT2D eigenvalue weighted by Gasteiger charge is 2.22. The lowest BCUT2D eigenvalue weighted by Crippen LogP contribution is -2.28. The monoisotopic (exact) mass is 484 g/mol. The Morgan fingerprint density at radius 2 is 1.45 bits per heavy atom. The molecule has 0 saturated carbocycles. The smallest absolute Gasteiger partial charge is 0.264 e. The Kier molecular flexibility index (Phi) is 7.20. The fraction of sp³-hybridized carbons (Fsp3) is 0.269. The Morgan fingerprint density at radius 1 is 0.909 bits per heavy atom. The zero-order chi connectivity index (χ0) is 24.4. The Balaban J connectivity index is 1.70. The van der Waals surface area contributed by atoms with Crippen molar-refractivity contribution >= 4 is 33.2 Å². The Labute approximate surface area is 201 Å². The van der Waals surface area contributed by atoms with Gasteiger partial charge in [0.15, 0.2) is 0 Å². The molecule has 0 aliphatic heterocycles. The van der Waals surface area contributed by atoms with Crippen LogP contribution in [-0.2, 0) is 15.4 Å². The third kappa shape index (κ3) is 5.75. The standard InChI is InChI=1S/C26H29ClN2O3S/c1-18(19-6-10-21(11-7-19)26(2,3)4)28-25(30)20-8-14-23(15-9-20)29(5)33(31,32)24-16-12-22(27)13-17-24/h6-18H,1-5H3,(H,28,30). The average Bonchev–Trinajstić information content (AvgIpc) is 2.78. The van der Waals surface area contributed by atoms with Crippen LogP contribution in [0.15, 0.2) is 77.7 Å². The number of carbonyl (C=O) groups is 1. The summed E-state index contributed by atoms with van der Waals surface area (Å²) < 4.78 is 26.9. The summed E-state index contributed by atoms with van der Waals surface area (Å²) in [5.74, 6) is -0.225. The fourth-order valence-electron chi connectivity index (χ4n) is 3.36. The number of benzene rings is 3. The lowest BCUT2D eigenvalue weighted by atomic mass is 9.86. The molecule has 0 saturated heterocycles. The van der Waals surface area contributed by atoms with Crippen LogP contribution in [0.5, 0.6) is 0 Å². The Bertz CT molecular complexity index is 1210. The Hall–Kier alpha value is -2.83. The molecule has 0 aromatic heterocycles. The first kappa shape index (κ1) is 24.8. The highest BCUT2D eigenvalue weighted by Crippen LogP contribution is 2.25. The number of rotatable bonds is 6. The number of amides is 1. The van der Waals surface area contributed by atoms with Crippen LogP contribution in [0, 0.1) is 0 Å². The second kappa shape index (κ2) is 9.57. The van der Waals surface area contributed by atoms with Crippen molar-refractivity contribution in [3.63, 3.8) is 0 Å². The second-order valence-electron chi connectivity index (χ2n) is 9.04. The molecule has 5 nitrogen and oxygen atoms in total. The van der Waals surface area contributed by atoms with Crippen LogP contribution in [0.2, 0.25) is 5.02 Å². The molecule has 0 aliphatic carbocycles. The molecule has 3 aromatic rings. The van der Waals surface area contributed by atoms with Gasteiger partial charge in [-0.2, -0.15) is 0 Å². The molecular weight excluding hydrogens is 456 g/mol. The summed E-state index contributed by atoms with van der Waals surface area (Å²) in [6, 6.07) is 20.5. The van der Waals surface area contributed by atoms with Crippen LogP contribution in [-0.4, -0.2) is 21.4 Å². The number of carbonyl (C=O) groups excluding carboxylic acids is 1. The molecule has 33 heavy (non-hydrogen) atoms. The fourth-order valence-corrected chi connectivity index (χ4v) is 4.68. The summed E-state index contributed by atoms with van der Waals surface area (Å²) in [6.07, 6.45) is 0. The minimum absolute atomic E-state index is 0.0704. The molecule has 1 unspecified atom stereocenters. The summed E-state index contributed by atoms with van der Waals surface area (Å²) in [5.41, 5.74) is 3.22. The van der Waals surface area contributed by atoms with E-state index in [1.165, 1.54) is 41.2 Å². The highest BCUT2D eigenvalue weighted by molar-refractivity contribution is 7.92. The predicted molar refractivity (Wildman–Crippen MR) is 135 cm³/mol. The predicted octanol–water partition coefficient (Wildman–Crippen LogP) is 5.95. The average molecular weight is 485 g/mol. The number of nitrogens with zero attached hydrogens (tertiary/aromatic N) is 1. The molecule has 0 radical (unpaired) electrons. The van der Waals surface area contributed by atoms with E-state index in [9.17, 15) is 13.2 Å². The van der Waals surface area contributed by atoms with Crippen LogP contribution in [0.1, 0.15) is 55.2 Å². The first-order chi connectivity index (χ1) is 15.4. The van der Waals surface area contributed by atoms with Crippen LogP contribution in [0.4, 0.5) is 5.69 Å². The molecule has 3 aromatic carbocycles. The normalized spacial score (nSPS) is 12.8. The minimum atomic E-state index is -3.74. The second-order valence-corrected chi connectivity index (χ2v) is 11.4. The molecule has 3 rings (SSSR count). The maximum absolute atomic E-state index is 12.9. The van der Waals surface area contributed by atoms with Crippen molar-refractivity contribution < 1.29 is 13.2 Å². The minimum Gasteiger partial charge on any atom is -0.346 e. The van der Waals surface area contributed by atoms with Crippen LogP contribution >= 0.6 is 11.6 Å². The van der Waals surface area contributed by atoms with E-state index in [2.05, 4.69) is 38.2 Å². The van der Waals surface area contributed by atoms with Gasteiger partial charge in [-0.1, -0.05) is 56.6 Å². The molecule has 7 heteroatoms. The SMILES string of the molecule is CC(NC(=O)c1ccc(N(C)S(=O)(=O)c2ccc(Cl)cc2)cc1)c1ccc(C(C)(C)C)cc1. The lowest BCUT2D eigenvalue weighted by Gasteiger charge is -2.21. The quantitative estimate of drug-likeness (QED) is 0.469. The maximum atomic E-state index is 12.9. The van der Waals surface area contributed by atoms with Crippen molar-refractivity contribution in [2.75, 3.05) is 11.4 Å². The molecule has 1 atom stereocenters. The van der Waals surface area contributed by atoms with Gasteiger partial charge in [0.25, 0.3) is 15.9 Å². The number of sulfonamides is 1. The number of anilines is 1. The van der Waals surface area contributed by atoms with Gasteiger partial charge in [0, 0.05) is 17.6 Å². The van der Waals surface area contributed by atoms with Gasteiger partial charge in [-0.15, -0.1) is 0 Å². The zero-order valence-electron chi connectivity index (χ0n) is 19.5. The van der Waals surface area contributed by atoms with Crippen LogP contribution in [0.25, 0.3) is 0 Å². The molecule has 1 N–H and O–H groups in total. The van der Waals surface area contributed by atoms with Crippen molar-refractivity contribution in [1.82, 2.24) is 5.32 Å². The first-order valence-electron chi connectivity index (χ1n) is 10.7. The molecule has 0 heterocycles. The molecule has 174 valence electrons. The van der Waals surface area contributed by atoms with Crippen molar-refractivity contribution in [3.8, 4) is 0 Å². The van der Waals surface area contributed by atoms with Crippen LogP contribution in [0.3, 0.4) is 0 Å². The van der Waals surface area contributed by atoms with E-state index >= 15 is 0 Å². The van der Waals surface area contributed by atoms with Gasteiger partial charge >= 0.3 is 0 Å². The largest absolute Gasteiger partial charge is 0.346 e. The lowest BCUT2D eigenvalue weighted by molar-refractivity contribution is 0.0940. The van der Waals surface area contributed by atoms with E-state index < -0.39 is 10.0 Å². The van der Waals surface area contributed by atoms with E-state index in [1.807, 2.05) is 19.1 Å². The van der Waals surface area contributed by atoms with Crippen molar-refractivity contribution in [1.29, 1.82) is 0 Å². The van der Waals surface area contributed by atoms with Gasteiger partial charge in [0.1, 0.15) is 0 Å². The molecule has 1 amide bonds. The van der Waals surface area contributed by atoms with Gasteiger partial charge in [-0.25, -0.2) is 8.42 Å². The molecule has 0 fully saturated rings. The number of halogens is 1. The number of nitrogens with one attached hydrogen (secondary N) is 1. The summed E-state index contributed by atoms with van der Waals surface area (Å²) in [7, 11) is -2.26. The third-order valence-corrected chi connectivity index (χ3v) is 7.64. The van der Waals surface area contributed by atoms with E-state index in [0.29, 0.717) is 16.3 Å². The topological polar surface area (TPSA) is 66.5 Å². The number of hydrogen-bond acceptors (Lipinski definition) is 3. The van der Waals surface area contributed by atoms with Crippen molar-refractivity contribution in [3.05, 3.63) is 94.5 Å². The molecule has 0 aliphatic rings. The van der Waals surface area contributed by atoms with Gasteiger partial charge in [0.05, 0.1) is 16.6 Å². The highest BCUT2D eigenvalue weighted by atomic mass is 35.5. The summed E-state index contributed by atoms with van der Waals surface area (Å²) in [5, 5.41) is 3.46. The van der Waals surface area contributed by atoms with Crippen molar-refractivity contribution in [2.45, 2.75) is 44.0 Å². The molecular formula is C26H29ClN2O3S. The van der Waals surface area contributed by atoms with Gasteiger partial charge < -0.3 is 5.32 Å². The molecule has 0 spiro atoms. The summed E-state index contributed by atoms with van der Waals surface area (Å²) >= 11 is 5.86. The van der Waals surface area contributed by atoms with E-state index in [-0.39, 0.29) is 22.3 Å². The first-order valence-corrected chi connectivity index (χ1v) is 12.5. The third-order valence-electron chi connectivity index (χ3n) is 5.59. The molecule has 0 bridgehead atoms. The summed E-state index contributed by atoms with van der Waals surface area (Å²) in [6.45, 7) is 8.42. The van der Waals surface area contributed by atoms with Gasteiger partial charge in [-0.3, -0.25) is 9.10 Å². The van der Waals surface area contributed by atoms with E-state index in [4.69, 9.17) is 11.6 Å². The van der Waals surface area contributed by atoms with Crippen molar-refractivity contribution in [2.24, 2.45) is 0 Å². The zero-order valence-corrected chi connectivity index (χ0v) is 21.0. The van der Waals surface area contributed by atoms with E-state index in [0.717, 1.165) is 5.56 Å². The van der Waals surface area contributed by atoms with Gasteiger partial charge in [-0.05, 0) is 72.0 Å². The summed E-state index contributed by atoms with van der Waals surface area (Å²) in [4.78, 5) is 12.9. The number of hydrogen-bond donors (Lipinski definition) is 1. The maximum Gasteiger partial charge on any atom is 0.264 e. The van der Waals surface area contributed by atoms with Crippen LogP contribution < -0.4 is 9.62 Å². The Morgan fingerprint density at radius 3 is 1.97 bits per heavy atom. The van der Waals surface area contributed by atoms with E-state index in [1.54, 1.807) is 24.3 Å². The van der Waals surface area contributed by atoms with Gasteiger partial charge in [0.2, 0.25) is 0 Å².